The van der Waals surface area contributed by atoms with Gasteiger partial charge < -0.3 is 0 Å². The monoisotopic (exact) mass is 211 g/mol. The van der Waals surface area contributed by atoms with Crippen molar-refractivity contribution < 1.29 is 18.0 Å². The molecule has 0 saturated heterocycles. The van der Waals surface area contributed by atoms with E-state index in [2.05, 4.69) is 5.10 Å². The maximum atomic E-state index is 12.1. The Morgan fingerprint density at radius 3 is 2.38 bits per heavy atom. The summed E-state index contributed by atoms with van der Waals surface area (Å²) in [6.45, 7) is 0. The minimum Gasteiger partial charge on any atom is -0.285 e. The smallest absolute Gasteiger partial charge is 0.285 e. The normalized spacial score (nSPS) is 11.8. The number of alkyl halides is 3. The van der Waals surface area contributed by atoms with Crippen LogP contribution in [-0.2, 0) is 18.0 Å². The van der Waals surface area contributed by atoms with E-state index in [0.717, 1.165) is 11.0 Å². The van der Waals surface area contributed by atoms with Crippen LogP contribution >= 0.6 is 11.6 Å². The van der Waals surface area contributed by atoms with Gasteiger partial charge in [-0.25, -0.2) is 0 Å². The molecule has 0 aromatic carbocycles. The van der Waals surface area contributed by atoms with Gasteiger partial charge in [-0.3, -0.25) is 9.48 Å². The van der Waals surface area contributed by atoms with Gasteiger partial charge in [0.1, 0.15) is 5.15 Å². The second kappa shape index (κ2) is 3.02. The molecular weight excluding hydrogens is 209 g/mol. The molecule has 0 unspecified atom stereocenters. The number of hydrogen-bond acceptors (Lipinski definition) is 2. The van der Waals surface area contributed by atoms with Crippen LogP contribution in [-0.4, -0.2) is 16.1 Å². The van der Waals surface area contributed by atoms with E-state index in [0.29, 0.717) is 0 Å². The zero-order chi connectivity index (χ0) is 10.2. The first-order valence-electron chi connectivity index (χ1n) is 3.05. The van der Waals surface area contributed by atoms with Crippen LogP contribution < -0.4 is 0 Å². The van der Waals surface area contributed by atoms with Gasteiger partial charge in [0.2, 0.25) is 6.29 Å². The summed E-state index contributed by atoms with van der Waals surface area (Å²) in [4.78, 5) is 10.1. The number of aromatic nitrogens is 2. The number of rotatable bonds is 1. The molecule has 0 amide bonds. The molecule has 1 aromatic rings. The van der Waals surface area contributed by atoms with Crippen LogP contribution in [0.25, 0.3) is 0 Å². The maximum Gasteiger partial charge on any atom is 0.435 e. The van der Waals surface area contributed by atoms with E-state index in [1.165, 1.54) is 7.05 Å². The molecule has 0 atom stereocenters. The second-order valence-electron chi connectivity index (χ2n) is 2.24. The minimum absolute atomic E-state index is 0.373. The van der Waals surface area contributed by atoms with Gasteiger partial charge in [-0.2, -0.15) is 18.3 Å². The predicted molar refractivity (Wildman–Crippen MR) is 38.0 cm³/mol. The predicted octanol–water partition coefficient (Wildman–Crippen LogP) is 1.55. The summed E-state index contributed by atoms with van der Waals surface area (Å²) in [6.07, 6.45) is -3.58. The Balaban J connectivity index is 3.38. The van der Waals surface area contributed by atoms with Crippen molar-refractivity contribution in [1.29, 1.82) is 0 Å². The highest BCUT2D eigenvalue weighted by molar-refractivity contribution is 6.32. The highest BCUT2D eigenvalue weighted by atomic mass is 35.5. The summed E-state index contributed by atoms with van der Waals surface area (Å²) in [5, 5.41) is 2.68. The van der Waals surface area contributed by atoms with Crippen molar-refractivity contribution in [3.63, 3.8) is 0 Å². The summed E-state index contributed by atoms with van der Waals surface area (Å²) >= 11 is 5.36. The lowest BCUT2D eigenvalue weighted by molar-refractivity contribution is -0.141. The highest BCUT2D eigenvalue weighted by Gasteiger charge is 2.38. The highest BCUT2D eigenvalue weighted by Crippen LogP contribution is 2.32. The first kappa shape index (κ1) is 10.0. The lowest BCUT2D eigenvalue weighted by Gasteiger charge is -2.00. The van der Waals surface area contributed by atoms with E-state index >= 15 is 0 Å². The quantitative estimate of drug-likeness (QED) is 0.707. The average Bonchev–Trinajstić information content (AvgIpc) is 2.28. The fourth-order valence-corrected chi connectivity index (χ4v) is 0.958. The van der Waals surface area contributed by atoms with Crippen molar-refractivity contribution >= 4 is 17.9 Å². The molecular formula is C6H3ClF3N2O. The fraction of sp³-hybridized carbons (Fsp3) is 0.333. The SMILES string of the molecule is Cn1nc(C(F)(F)F)c([C]=O)c1Cl. The number of aryl methyl sites for hydroxylation is 1. The molecule has 1 aromatic heterocycles. The van der Waals surface area contributed by atoms with Crippen molar-refractivity contribution in [3.8, 4) is 0 Å². The maximum absolute atomic E-state index is 12.1. The molecule has 1 heterocycles. The largest absolute Gasteiger partial charge is 0.435 e. The third kappa shape index (κ3) is 1.67. The molecule has 0 fully saturated rings. The van der Waals surface area contributed by atoms with Gasteiger partial charge in [-0.1, -0.05) is 11.6 Å². The standard InChI is InChI=1S/C6H3ClF3N2O/c1-12-5(7)3(2-13)4(11-12)6(8,9)10/h1H3. The topological polar surface area (TPSA) is 34.9 Å². The molecule has 1 radical (unpaired) electrons. The first-order valence-corrected chi connectivity index (χ1v) is 3.43. The Bertz CT molecular complexity index is 344. The Morgan fingerprint density at radius 2 is 2.08 bits per heavy atom. The molecule has 0 aliphatic rings. The third-order valence-electron chi connectivity index (χ3n) is 1.35. The summed E-state index contributed by atoms with van der Waals surface area (Å²) in [5.41, 5.74) is -2.06. The molecule has 3 nitrogen and oxygen atoms in total. The van der Waals surface area contributed by atoms with Gasteiger partial charge in [0.15, 0.2) is 5.69 Å². The molecule has 0 aliphatic heterocycles. The van der Waals surface area contributed by atoms with Gasteiger partial charge >= 0.3 is 6.18 Å². The second-order valence-corrected chi connectivity index (χ2v) is 2.60. The minimum atomic E-state index is -4.68. The molecule has 0 N–H and O–H groups in total. The van der Waals surface area contributed by atoms with Crippen LogP contribution in [0.15, 0.2) is 0 Å². The van der Waals surface area contributed by atoms with Crippen LogP contribution in [0.5, 0.6) is 0 Å². The van der Waals surface area contributed by atoms with E-state index in [9.17, 15) is 18.0 Å². The van der Waals surface area contributed by atoms with Crippen LogP contribution in [0, 0.1) is 0 Å². The van der Waals surface area contributed by atoms with Crippen LogP contribution in [0.4, 0.5) is 13.2 Å². The average molecular weight is 212 g/mol. The molecule has 0 spiro atoms. The van der Waals surface area contributed by atoms with Gasteiger partial charge in [0, 0.05) is 7.05 Å². The Morgan fingerprint density at radius 1 is 1.54 bits per heavy atom. The van der Waals surface area contributed by atoms with Crippen LogP contribution in [0.2, 0.25) is 5.15 Å². The zero-order valence-electron chi connectivity index (χ0n) is 6.31. The Hall–Kier alpha value is -1.04. The zero-order valence-corrected chi connectivity index (χ0v) is 7.07. The van der Waals surface area contributed by atoms with E-state index in [-0.39, 0.29) is 5.15 Å². The van der Waals surface area contributed by atoms with Gasteiger partial charge in [-0.05, 0) is 0 Å². The number of hydrogen-bond donors (Lipinski definition) is 0. The van der Waals surface area contributed by atoms with Crippen LogP contribution in [0.1, 0.15) is 11.3 Å². The van der Waals surface area contributed by atoms with Crippen molar-refractivity contribution in [2.24, 2.45) is 7.05 Å². The molecule has 7 heteroatoms. The molecule has 0 bridgehead atoms. The van der Waals surface area contributed by atoms with E-state index in [1.807, 2.05) is 0 Å². The van der Waals surface area contributed by atoms with Crippen LogP contribution in [0.3, 0.4) is 0 Å². The van der Waals surface area contributed by atoms with Gasteiger partial charge in [0.25, 0.3) is 0 Å². The Labute approximate surface area is 76.1 Å². The van der Waals surface area contributed by atoms with E-state index < -0.39 is 17.4 Å². The van der Waals surface area contributed by atoms with Gasteiger partial charge in [0.05, 0.1) is 5.56 Å². The molecule has 1 rings (SSSR count). The fourth-order valence-electron chi connectivity index (χ4n) is 0.792. The van der Waals surface area contributed by atoms with Crippen molar-refractivity contribution in [2.45, 2.75) is 6.18 Å². The Kier molecular flexibility index (Phi) is 2.34. The van der Waals surface area contributed by atoms with E-state index in [4.69, 9.17) is 11.6 Å². The number of halogens is 4. The summed E-state index contributed by atoms with van der Waals surface area (Å²) in [7, 11) is 1.21. The third-order valence-corrected chi connectivity index (χ3v) is 1.78. The molecule has 0 aliphatic carbocycles. The van der Waals surface area contributed by atoms with Crippen molar-refractivity contribution in [1.82, 2.24) is 9.78 Å². The molecule has 13 heavy (non-hydrogen) atoms. The summed E-state index contributed by atoms with van der Waals surface area (Å²) in [5.74, 6) is 0. The van der Waals surface area contributed by atoms with E-state index in [1.54, 1.807) is 0 Å². The summed E-state index contributed by atoms with van der Waals surface area (Å²) < 4.78 is 37.1. The molecule has 71 valence electrons. The van der Waals surface area contributed by atoms with Gasteiger partial charge in [-0.15, -0.1) is 0 Å². The number of carbonyl (C=O) groups excluding carboxylic acids is 1. The summed E-state index contributed by atoms with van der Waals surface area (Å²) in [6, 6.07) is 0. The first-order chi connectivity index (χ1) is 5.88. The van der Waals surface area contributed by atoms with Crippen molar-refractivity contribution in [3.05, 3.63) is 16.4 Å². The molecule has 0 saturated carbocycles. The lowest BCUT2D eigenvalue weighted by atomic mass is 10.3. The number of nitrogens with zero attached hydrogens (tertiary/aromatic N) is 2. The lowest BCUT2D eigenvalue weighted by Crippen LogP contribution is -2.09. The van der Waals surface area contributed by atoms with Crippen molar-refractivity contribution in [2.75, 3.05) is 0 Å².